The maximum absolute atomic E-state index is 13.5. The fraction of sp³-hybridized carbons (Fsp3) is 0.389. The van der Waals surface area contributed by atoms with E-state index in [4.69, 9.17) is 10.5 Å². The molecular formula is C36H39N5O5. The number of nitrogens with one attached hydrogen (secondary N) is 2. The number of hydrogen-bond donors (Lipinski definition) is 3. The number of nitrogens with zero attached hydrogens (tertiary/aromatic N) is 2. The lowest BCUT2D eigenvalue weighted by Gasteiger charge is -2.29. The van der Waals surface area contributed by atoms with Crippen LogP contribution in [0.25, 0.3) is 0 Å². The van der Waals surface area contributed by atoms with Crippen LogP contribution in [0.2, 0.25) is 0 Å². The minimum Gasteiger partial charge on any atom is -0.482 e. The standard InChI is InChI=1S/C36H39N5O5/c37-18-28-15-24(28)7-12-34(43)40-14-13-25-16-29(8-5-27(25)20-40)38-35(44)23-3-1-22(2-4-23)19-41(30-9-10-30)36(45)26-6-11-31-32(17-26)46-21-33(42)39-31/h1-6,8,11,16-17,24,28,30H,7,9-10,12-15,18-21,37H2,(H,38,44)(H,39,42)/t24-,28+/m1/s1. The second-order valence-electron chi connectivity index (χ2n) is 12.9. The van der Waals surface area contributed by atoms with Gasteiger partial charge in [0.15, 0.2) is 6.61 Å². The number of amides is 4. The summed E-state index contributed by atoms with van der Waals surface area (Å²) in [5.41, 5.74) is 11.3. The summed E-state index contributed by atoms with van der Waals surface area (Å²) in [7, 11) is 0. The van der Waals surface area contributed by atoms with Crippen LogP contribution in [0.1, 0.15) is 69.5 Å². The molecule has 7 rings (SSSR count). The molecule has 2 fully saturated rings. The van der Waals surface area contributed by atoms with Crippen molar-refractivity contribution in [3.8, 4) is 5.75 Å². The predicted molar refractivity (Wildman–Crippen MR) is 173 cm³/mol. The topological polar surface area (TPSA) is 134 Å². The van der Waals surface area contributed by atoms with E-state index < -0.39 is 0 Å². The van der Waals surface area contributed by atoms with Crippen molar-refractivity contribution in [2.24, 2.45) is 17.6 Å². The number of rotatable bonds is 10. The predicted octanol–water partition coefficient (Wildman–Crippen LogP) is 4.33. The van der Waals surface area contributed by atoms with E-state index in [1.165, 1.54) is 0 Å². The molecule has 2 aliphatic carbocycles. The molecule has 0 aromatic heterocycles. The first kappa shape index (κ1) is 30.0. The maximum atomic E-state index is 13.5. The molecular weight excluding hydrogens is 582 g/mol. The van der Waals surface area contributed by atoms with Crippen LogP contribution in [0.15, 0.2) is 60.7 Å². The number of ether oxygens (including phenoxy) is 1. The summed E-state index contributed by atoms with van der Waals surface area (Å²) in [5.74, 6) is 1.41. The lowest BCUT2D eigenvalue weighted by atomic mass is 9.98. The van der Waals surface area contributed by atoms with Crippen LogP contribution in [0.3, 0.4) is 0 Å². The van der Waals surface area contributed by atoms with Crippen molar-refractivity contribution in [1.29, 1.82) is 0 Å². The zero-order valence-corrected chi connectivity index (χ0v) is 25.8. The highest BCUT2D eigenvalue weighted by molar-refractivity contribution is 6.04. The summed E-state index contributed by atoms with van der Waals surface area (Å²) < 4.78 is 5.50. The molecule has 2 atom stereocenters. The minimum absolute atomic E-state index is 0.0681. The molecule has 2 saturated carbocycles. The molecule has 2 heterocycles. The van der Waals surface area contributed by atoms with E-state index in [0.717, 1.165) is 61.0 Å². The lowest BCUT2D eigenvalue weighted by molar-refractivity contribution is -0.132. The van der Waals surface area contributed by atoms with Crippen LogP contribution in [-0.4, -0.2) is 59.2 Å². The Morgan fingerprint density at radius 1 is 0.978 bits per heavy atom. The van der Waals surface area contributed by atoms with Crippen molar-refractivity contribution in [3.05, 3.63) is 88.5 Å². The molecule has 4 aliphatic rings. The van der Waals surface area contributed by atoms with Gasteiger partial charge in [0.2, 0.25) is 5.91 Å². The van der Waals surface area contributed by atoms with Gasteiger partial charge in [-0.1, -0.05) is 18.2 Å². The van der Waals surface area contributed by atoms with E-state index in [1.54, 1.807) is 30.3 Å². The minimum atomic E-state index is -0.215. The van der Waals surface area contributed by atoms with Gasteiger partial charge in [-0.2, -0.15) is 0 Å². The molecule has 4 amide bonds. The molecule has 4 N–H and O–H groups in total. The van der Waals surface area contributed by atoms with Gasteiger partial charge >= 0.3 is 0 Å². The van der Waals surface area contributed by atoms with E-state index in [0.29, 0.717) is 60.5 Å². The Hall–Kier alpha value is -4.70. The number of benzene rings is 3. The van der Waals surface area contributed by atoms with Crippen molar-refractivity contribution < 1.29 is 23.9 Å². The van der Waals surface area contributed by atoms with Crippen LogP contribution in [0.4, 0.5) is 11.4 Å². The SMILES string of the molecule is NC[C@@H]1C[C@H]1CCC(=O)N1CCc2cc(NC(=O)c3ccc(CN(C(=O)c4ccc5c(c4)OCC(=O)N5)C4CC4)cc3)ccc2C1. The third-order valence-electron chi connectivity index (χ3n) is 9.61. The van der Waals surface area contributed by atoms with Crippen LogP contribution in [0, 0.1) is 11.8 Å². The van der Waals surface area contributed by atoms with Crippen molar-refractivity contribution in [2.45, 2.75) is 57.7 Å². The average molecular weight is 622 g/mol. The molecule has 3 aromatic rings. The average Bonchev–Trinajstić information content (AvgIpc) is 4.01. The van der Waals surface area contributed by atoms with Gasteiger partial charge in [0.1, 0.15) is 5.75 Å². The molecule has 0 saturated heterocycles. The van der Waals surface area contributed by atoms with E-state index in [9.17, 15) is 19.2 Å². The fourth-order valence-electron chi connectivity index (χ4n) is 6.55. The first-order valence-corrected chi connectivity index (χ1v) is 16.2. The number of carbonyl (C=O) groups is 4. The first-order chi connectivity index (χ1) is 22.3. The summed E-state index contributed by atoms with van der Waals surface area (Å²) in [4.78, 5) is 54.8. The first-order valence-electron chi connectivity index (χ1n) is 16.2. The number of hydrogen-bond acceptors (Lipinski definition) is 6. The third kappa shape index (κ3) is 6.62. The molecule has 238 valence electrons. The van der Waals surface area contributed by atoms with Gasteiger partial charge in [0.25, 0.3) is 17.7 Å². The van der Waals surface area contributed by atoms with Gasteiger partial charge in [-0.25, -0.2) is 0 Å². The van der Waals surface area contributed by atoms with Crippen molar-refractivity contribution >= 4 is 35.0 Å². The smallest absolute Gasteiger partial charge is 0.262 e. The molecule has 0 bridgehead atoms. The number of carbonyl (C=O) groups excluding carboxylic acids is 4. The normalized spacial score (nSPS) is 19.7. The highest BCUT2D eigenvalue weighted by atomic mass is 16.5. The third-order valence-corrected chi connectivity index (χ3v) is 9.61. The van der Waals surface area contributed by atoms with E-state index in [2.05, 4.69) is 10.6 Å². The quantitative estimate of drug-likeness (QED) is 0.309. The molecule has 2 aliphatic heterocycles. The van der Waals surface area contributed by atoms with Crippen molar-refractivity contribution in [3.63, 3.8) is 0 Å². The van der Waals surface area contributed by atoms with Gasteiger partial charge in [0, 0.05) is 48.9 Å². The second-order valence-corrected chi connectivity index (χ2v) is 12.9. The summed E-state index contributed by atoms with van der Waals surface area (Å²) >= 11 is 0. The Labute approximate surface area is 268 Å². The number of anilines is 2. The highest BCUT2D eigenvalue weighted by Crippen LogP contribution is 2.41. The van der Waals surface area contributed by atoms with Gasteiger partial charge < -0.3 is 30.9 Å². The highest BCUT2D eigenvalue weighted by Gasteiger charge is 2.36. The molecule has 3 aromatic carbocycles. The van der Waals surface area contributed by atoms with Crippen LogP contribution >= 0.6 is 0 Å². The molecule has 0 spiro atoms. The molecule has 10 nitrogen and oxygen atoms in total. The summed E-state index contributed by atoms with van der Waals surface area (Å²) in [6.45, 7) is 2.38. The Morgan fingerprint density at radius 3 is 2.54 bits per heavy atom. The van der Waals surface area contributed by atoms with Crippen LogP contribution in [0.5, 0.6) is 5.75 Å². The molecule has 0 radical (unpaired) electrons. The van der Waals surface area contributed by atoms with Gasteiger partial charge in [-0.15, -0.1) is 0 Å². The molecule has 46 heavy (non-hydrogen) atoms. The van der Waals surface area contributed by atoms with Gasteiger partial charge in [0.05, 0.1) is 5.69 Å². The van der Waals surface area contributed by atoms with E-state index in [-0.39, 0.29) is 36.3 Å². The van der Waals surface area contributed by atoms with Gasteiger partial charge in [-0.05, 0) is 110 Å². The maximum Gasteiger partial charge on any atom is 0.262 e. The molecule has 0 unspecified atom stereocenters. The van der Waals surface area contributed by atoms with E-state index in [1.807, 2.05) is 40.1 Å². The van der Waals surface area contributed by atoms with Crippen LogP contribution in [-0.2, 0) is 29.1 Å². The Kier molecular flexibility index (Phi) is 8.21. The number of nitrogens with two attached hydrogens (primary N) is 1. The monoisotopic (exact) mass is 621 g/mol. The van der Waals surface area contributed by atoms with E-state index >= 15 is 0 Å². The zero-order chi connectivity index (χ0) is 31.8. The van der Waals surface area contributed by atoms with Crippen LogP contribution < -0.4 is 21.1 Å². The Morgan fingerprint density at radius 2 is 1.78 bits per heavy atom. The summed E-state index contributed by atoms with van der Waals surface area (Å²) in [6, 6.07) is 18.5. The lowest BCUT2D eigenvalue weighted by Crippen LogP contribution is -2.36. The Balaban J connectivity index is 0.941. The van der Waals surface area contributed by atoms with Gasteiger partial charge in [-0.3, -0.25) is 19.2 Å². The largest absolute Gasteiger partial charge is 0.482 e. The fourth-order valence-corrected chi connectivity index (χ4v) is 6.55. The molecule has 10 heteroatoms. The van der Waals surface area contributed by atoms with Crippen molar-refractivity contribution in [2.75, 3.05) is 30.3 Å². The zero-order valence-electron chi connectivity index (χ0n) is 25.8. The number of fused-ring (bicyclic) bond motifs is 2. The summed E-state index contributed by atoms with van der Waals surface area (Å²) in [5, 5.41) is 5.77. The second kappa shape index (κ2) is 12.6. The summed E-state index contributed by atoms with van der Waals surface area (Å²) in [6.07, 6.45) is 5.34. The van der Waals surface area contributed by atoms with Crippen molar-refractivity contribution in [1.82, 2.24) is 9.80 Å². The Bertz CT molecular complexity index is 1680.